The molecule has 18 heavy (non-hydrogen) atoms. The zero-order valence-electron chi connectivity index (χ0n) is 12.6. The Morgan fingerprint density at radius 2 is 1.94 bits per heavy atom. The van der Waals surface area contributed by atoms with E-state index in [-0.39, 0.29) is 36.4 Å². The highest BCUT2D eigenvalue weighted by Gasteiger charge is 2.44. The van der Waals surface area contributed by atoms with Crippen LogP contribution in [-0.2, 0) is 4.79 Å². The standard InChI is InChI=1S/C14H28N2O2/c1-9(2)15(6)14(18)12-7-16(10(3)4)11(5)13(12)8-17/h9-13,17H,7-8H2,1-6H3. The molecule has 3 atom stereocenters. The van der Waals surface area contributed by atoms with Gasteiger partial charge in [0, 0.05) is 44.2 Å². The normalized spacial score (nSPS) is 29.3. The molecule has 0 radical (unpaired) electrons. The van der Waals surface area contributed by atoms with Crippen LogP contribution in [0.5, 0.6) is 0 Å². The Kier molecular flexibility index (Phi) is 5.17. The third kappa shape index (κ3) is 2.86. The van der Waals surface area contributed by atoms with Gasteiger partial charge < -0.3 is 10.0 Å². The van der Waals surface area contributed by atoms with Crippen molar-refractivity contribution in [3.8, 4) is 0 Å². The van der Waals surface area contributed by atoms with E-state index in [0.717, 1.165) is 6.54 Å². The average molecular weight is 256 g/mol. The van der Waals surface area contributed by atoms with Crippen molar-refractivity contribution in [2.45, 2.75) is 52.7 Å². The van der Waals surface area contributed by atoms with Gasteiger partial charge >= 0.3 is 0 Å². The lowest BCUT2D eigenvalue weighted by Gasteiger charge is -2.27. The summed E-state index contributed by atoms with van der Waals surface area (Å²) in [4.78, 5) is 16.6. The summed E-state index contributed by atoms with van der Waals surface area (Å²) >= 11 is 0. The van der Waals surface area contributed by atoms with Crippen LogP contribution in [0.3, 0.4) is 0 Å². The summed E-state index contributed by atoms with van der Waals surface area (Å²) in [5.74, 6) is 0.153. The van der Waals surface area contributed by atoms with Crippen molar-refractivity contribution >= 4 is 5.91 Å². The first-order valence-corrected chi connectivity index (χ1v) is 6.94. The largest absolute Gasteiger partial charge is 0.396 e. The van der Waals surface area contributed by atoms with Gasteiger partial charge in [-0.25, -0.2) is 0 Å². The maximum absolute atomic E-state index is 12.5. The van der Waals surface area contributed by atoms with Crippen molar-refractivity contribution in [2.24, 2.45) is 11.8 Å². The number of nitrogens with zero attached hydrogens (tertiary/aromatic N) is 2. The fourth-order valence-electron chi connectivity index (χ4n) is 2.85. The summed E-state index contributed by atoms with van der Waals surface area (Å²) in [6.45, 7) is 11.3. The first-order valence-electron chi connectivity index (χ1n) is 6.94. The quantitative estimate of drug-likeness (QED) is 0.822. The molecular weight excluding hydrogens is 228 g/mol. The molecule has 3 unspecified atom stereocenters. The molecule has 0 aromatic rings. The molecule has 106 valence electrons. The molecule has 1 saturated heterocycles. The second-order valence-electron chi connectivity index (χ2n) is 6.03. The second-order valence-corrected chi connectivity index (χ2v) is 6.03. The van der Waals surface area contributed by atoms with Crippen molar-refractivity contribution in [3.05, 3.63) is 0 Å². The number of amides is 1. The Hall–Kier alpha value is -0.610. The van der Waals surface area contributed by atoms with Gasteiger partial charge in [0.05, 0.1) is 5.92 Å². The Morgan fingerprint density at radius 1 is 1.39 bits per heavy atom. The molecule has 4 nitrogen and oxygen atoms in total. The Balaban J connectivity index is 2.85. The van der Waals surface area contributed by atoms with E-state index in [4.69, 9.17) is 0 Å². The highest BCUT2D eigenvalue weighted by Crippen LogP contribution is 2.32. The number of carbonyl (C=O) groups excluding carboxylic acids is 1. The Morgan fingerprint density at radius 3 is 2.33 bits per heavy atom. The third-order valence-electron chi connectivity index (χ3n) is 4.38. The zero-order chi connectivity index (χ0) is 14.0. The molecule has 0 spiro atoms. The van der Waals surface area contributed by atoms with Crippen molar-refractivity contribution in [1.82, 2.24) is 9.80 Å². The van der Waals surface area contributed by atoms with Gasteiger partial charge in [0.15, 0.2) is 0 Å². The molecule has 0 bridgehead atoms. The van der Waals surface area contributed by atoms with Crippen LogP contribution in [0, 0.1) is 11.8 Å². The molecule has 1 aliphatic heterocycles. The third-order valence-corrected chi connectivity index (χ3v) is 4.38. The highest BCUT2D eigenvalue weighted by molar-refractivity contribution is 5.80. The van der Waals surface area contributed by atoms with Crippen LogP contribution >= 0.6 is 0 Å². The first-order chi connectivity index (χ1) is 8.31. The first kappa shape index (κ1) is 15.4. The van der Waals surface area contributed by atoms with E-state index in [1.165, 1.54) is 0 Å². The van der Waals surface area contributed by atoms with E-state index in [0.29, 0.717) is 6.04 Å². The van der Waals surface area contributed by atoms with Gasteiger partial charge in [-0.1, -0.05) is 0 Å². The van der Waals surface area contributed by atoms with Crippen LogP contribution in [0.15, 0.2) is 0 Å². The minimum Gasteiger partial charge on any atom is -0.396 e. The van der Waals surface area contributed by atoms with Gasteiger partial charge in [0.2, 0.25) is 5.91 Å². The van der Waals surface area contributed by atoms with Gasteiger partial charge in [0.25, 0.3) is 0 Å². The molecular formula is C14H28N2O2. The zero-order valence-corrected chi connectivity index (χ0v) is 12.6. The number of likely N-dealkylation sites (tertiary alicyclic amines) is 1. The summed E-state index contributed by atoms with van der Waals surface area (Å²) in [5.41, 5.74) is 0. The van der Waals surface area contributed by atoms with Crippen molar-refractivity contribution in [1.29, 1.82) is 0 Å². The van der Waals surface area contributed by atoms with Crippen molar-refractivity contribution in [2.75, 3.05) is 20.2 Å². The van der Waals surface area contributed by atoms with Crippen LogP contribution in [-0.4, -0.2) is 59.1 Å². The smallest absolute Gasteiger partial charge is 0.227 e. The van der Waals surface area contributed by atoms with Crippen LogP contribution < -0.4 is 0 Å². The molecule has 1 N–H and O–H groups in total. The predicted molar refractivity (Wildman–Crippen MR) is 73.3 cm³/mol. The number of carbonyl (C=O) groups is 1. The minimum atomic E-state index is -0.0696. The van der Waals surface area contributed by atoms with Crippen LogP contribution in [0.2, 0.25) is 0 Å². The summed E-state index contributed by atoms with van der Waals surface area (Å²) in [7, 11) is 1.85. The fraction of sp³-hybridized carbons (Fsp3) is 0.929. The fourth-order valence-corrected chi connectivity index (χ4v) is 2.85. The molecule has 1 amide bonds. The maximum atomic E-state index is 12.5. The van der Waals surface area contributed by atoms with Gasteiger partial charge in [-0.2, -0.15) is 0 Å². The average Bonchev–Trinajstić information content (AvgIpc) is 2.64. The number of hydrogen-bond acceptors (Lipinski definition) is 3. The molecule has 0 aromatic carbocycles. The summed E-state index contributed by atoms with van der Waals surface area (Å²) < 4.78 is 0. The second kappa shape index (κ2) is 6.02. The molecule has 1 aliphatic rings. The lowest BCUT2D eigenvalue weighted by Crippen LogP contribution is -2.41. The number of hydrogen-bond donors (Lipinski definition) is 1. The number of aliphatic hydroxyl groups excluding tert-OH is 1. The molecule has 0 aromatic heterocycles. The van der Waals surface area contributed by atoms with E-state index in [1.54, 1.807) is 4.90 Å². The van der Waals surface area contributed by atoms with Crippen molar-refractivity contribution < 1.29 is 9.90 Å². The van der Waals surface area contributed by atoms with Gasteiger partial charge in [-0.3, -0.25) is 9.69 Å². The number of aliphatic hydroxyl groups is 1. The van der Waals surface area contributed by atoms with E-state index in [9.17, 15) is 9.90 Å². The topological polar surface area (TPSA) is 43.8 Å². The lowest BCUT2D eigenvalue weighted by molar-refractivity contribution is -0.137. The van der Waals surface area contributed by atoms with Crippen LogP contribution in [0.25, 0.3) is 0 Å². The molecule has 0 saturated carbocycles. The summed E-state index contributed by atoms with van der Waals surface area (Å²) in [5, 5.41) is 9.58. The molecule has 0 aliphatic carbocycles. The van der Waals surface area contributed by atoms with Gasteiger partial charge in [0.1, 0.15) is 0 Å². The molecule has 1 rings (SSSR count). The monoisotopic (exact) mass is 256 g/mol. The Labute approximate surface area is 111 Å². The van der Waals surface area contributed by atoms with Crippen molar-refractivity contribution in [3.63, 3.8) is 0 Å². The van der Waals surface area contributed by atoms with E-state index >= 15 is 0 Å². The molecule has 1 heterocycles. The van der Waals surface area contributed by atoms with Crippen LogP contribution in [0.4, 0.5) is 0 Å². The lowest BCUT2D eigenvalue weighted by atomic mass is 9.90. The summed E-state index contributed by atoms with van der Waals surface area (Å²) in [6.07, 6.45) is 0. The van der Waals surface area contributed by atoms with E-state index < -0.39 is 0 Å². The molecule has 4 heteroatoms. The van der Waals surface area contributed by atoms with Crippen LogP contribution in [0.1, 0.15) is 34.6 Å². The maximum Gasteiger partial charge on any atom is 0.227 e. The Bertz CT molecular complexity index is 292. The van der Waals surface area contributed by atoms with Gasteiger partial charge in [-0.05, 0) is 34.6 Å². The predicted octanol–water partition coefficient (Wildman–Crippen LogP) is 1.19. The van der Waals surface area contributed by atoms with E-state index in [1.807, 2.05) is 20.9 Å². The van der Waals surface area contributed by atoms with E-state index in [2.05, 4.69) is 25.7 Å². The molecule has 1 fully saturated rings. The summed E-state index contributed by atoms with van der Waals surface area (Å²) in [6, 6.07) is 0.890. The highest BCUT2D eigenvalue weighted by atomic mass is 16.3. The number of rotatable bonds is 4. The van der Waals surface area contributed by atoms with Gasteiger partial charge in [-0.15, -0.1) is 0 Å². The minimum absolute atomic E-state index is 0.0566. The SMILES string of the molecule is CC(C)N(C)C(=O)C1CN(C(C)C)C(C)C1CO.